The van der Waals surface area contributed by atoms with E-state index in [0.717, 1.165) is 0 Å². The highest BCUT2D eigenvalue weighted by molar-refractivity contribution is 4.94. The van der Waals surface area contributed by atoms with Crippen molar-refractivity contribution >= 4 is 0 Å². The van der Waals surface area contributed by atoms with Crippen molar-refractivity contribution in [3.63, 3.8) is 0 Å². The van der Waals surface area contributed by atoms with Gasteiger partial charge in [-0.1, -0.05) is 0 Å². The Labute approximate surface area is 265 Å². The van der Waals surface area contributed by atoms with E-state index in [-0.39, 0.29) is 0 Å². The van der Waals surface area contributed by atoms with Crippen molar-refractivity contribution in [2.45, 2.75) is 123 Å². The molecule has 0 aliphatic carbocycles. The van der Waals surface area contributed by atoms with E-state index in [1.165, 1.54) is 0 Å². The van der Waals surface area contributed by atoms with Crippen LogP contribution in [0.1, 0.15) is 0 Å². The molecule has 20 atom stereocenters. The van der Waals surface area contributed by atoms with Crippen molar-refractivity contribution in [1.29, 1.82) is 0 Å². The van der Waals surface area contributed by atoms with Gasteiger partial charge in [-0.2, -0.15) is 0 Å². The van der Waals surface area contributed by atoms with Crippen LogP contribution < -0.4 is 0 Å². The van der Waals surface area contributed by atoms with Crippen LogP contribution in [-0.4, -0.2) is 241 Å². The molecule has 4 aliphatic rings. The highest BCUT2D eigenvalue weighted by atomic mass is 16.7. The van der Waals surface area contributed by atoms with Gasteiger partial charge >= 0.3 is 0 Å². The van der Waals surface area contributed by atoms with Crippen molar-refractivity contribution in [2.75, 3.05) is 26.4 Å². The molecule has 0 radical (unpaired) electrons. The Morgan fingerprint density at radius 2 is 0.617 bits per heavy atom. The van der Waals surface area contributed by atoms with Crippen LogP contribution in [0.2, 0.25) is 0 Å². The molecule has 4 fully saturated rings. The Morgan fingerprint density at radius 3 is 0.979 bits per heavy atom. The minimum Gasteiger partial charge on any atom is -0.394 e. The van der Waals surface area contributed by atoms with Gasteiger partial charge in [0.2, 0.25) is 0 Å². The molecule has 0 bridgehead atoms. The fourth-order valence-corrected chi connectivity index (χ4v) is 4.73. The van der Waals surface area contributed by atoms with E-state index in [0.29, 0.717) is 0 Å². The van der Waals surface area contributed by atoms with Gasteiger partial charge < -0.3 is 116 Å². The zero-order chi connectivity index (χ0) is 35.9. The molecule has 47 heavy (non-hydrogen) atoms. The number of rotatable bonds is 6. The zero-order valence-corrected chi connectivity index (χ0v) is 24.5. The number of ether oxygens (including phenoxy) is 5. The fraction of sp³-hybridized carbons (Fsp3) is 1.00. The van der Waals surface area contributed by atoms with Gasteiger partial charge in [-0.3, -0.25) is 0 Å². The molecule has 23 nitrogen and oxygen atoms in total. The van der Waals surface area contributed by atoms with E-state index in [4.69, 9.17) is 70.4 Å². The van der Waals surface area contributed by atoms with Crippen LogP contribution in [0.4, 0.5) is 0 Å². The summed E-state index contributed by atoms with van der Waals surface area (Å²) in [6.45, 7) is -2.40. The van der Waals surface area contributed by atoms with E-state index >= 15 is 0 Å². The van der Waals surface area contributed by atoms with E-state index in [2.05, 4.69) is 9.47 Å². The van der Waals surface area contributed by atoms with Gasteiger partial charge in [-0.25, -0.2) is 0 Å². The Morgan fingerprint density at radius 1 is 0.319 bits per heavy atom. The molecule has 23 heteroatoms. The molecule has 18 N–H and O–H groups in total. The molecule has 0 aromatic carbocycles. The minimum atomic E-state index is -1.74. The summed E-state index contributed by atoms with van der Waals surface area (Å²) in [5.41, 5.74) is 0. The third-order valence-electron chi connectivity index (χ3n) is 7.71. The molecule has 4 aliphatic heterocycles. The molecule has 4 rings (SSSR count). The Balaban J connectivity index is 0.000000270. The third-order valence-corrected chi connectivity index (χ3v) is 7.71. The average Bonchev–Trinajstić information content (AvgIpc) is 3.06. The largest absolute Gasteiger partial charge is 0.394 e. The molecule has 0 amide bonds. The van der Waals surface area contributed by atoms with Crippen LogP contribution >= 0.6 is 0 Å². The van der Waals surface area contributed by atoms with Crippen LogP contribution in [0, 0.1) is 0 Å². The molecule has 0 saturated carbocycles. The van der Waals surface area contributed by atoms with E-state index in [1.54, 1.807) is 0 Å². The van der Waals surface area contributed by atoms with Gasteiger partial charge in [-0.15, -0.1) is 0 Å². The number of hydrogen-bond donors (Lipinski definition) is 18. The van der Waals surface area contributed by atoms with E-state index in [9.17, 15) is 35.7 Å². The summed E-state index contributed by atoms with van der Waals surface area (Å²) in [5, 5.41) is 166. The second-order valence-electron chi connectivity index (χ2n) is 11.0. The highest BCUT2D eigenvalue weighted by Crippen LogP contribution is 2.28. The van der Waals surface area contributed by atoms with Crippen molar-refractivity contribution < 1.29 is 116 Å². The van der Waals surface area contributed by atoms with Crippen molar-refractivity contribution in [2.24, 2.45) is 0 Å². The number of hydrogen-bond acceptors (Lipinski definition) is 23. The summed E-state index contributed by atoms with van der Waals surface area (Å²) in [4.78, 5) is 0. The van der Waals surface area contributed by atoms with Crippen LogP contribution in [0.15, 0.2) is 0 Å². The average molecular weight is 703 g/mol. The van der Waals surface area contributed by atoms with Gasteiger partial charge in [0.25, 0.3) is 0 Å². The lowest BCUT2D eigenvalue weighted by Gasteiger charge is -2.45. The predicted octanol–water partition coefficient (Wildman–Crippen LogP) is -11.8. The smallest absolute Gasteiger partial charge is 0.187 e. The summed E-state index contributed by atoms with van der Waals surface area (Å²) in [6, 6.07) is 0. The Kier molecular flexibility index (Phi) is 17.0. The highest BCUT2D eigenvalue weighted by Gasteiger charge is 2.50. The topological polar surface area (TPSA) is 410 Å². The number of aliphatic hydroxyl groups is 18. The first-order valence-electron chi connectivity index (χ1n) is 14.2. The van der Waals surface area contributed by atoms with Crippen LogP contribution in [0.5, 0.6) is 0 Å². The predicted molar refractivity (Wildman–Crippen MR) is 141 cm³/mol. The van der Waals surface area contributed by atoms with Gasteiger partial charge in [-0.05, 0) is 0 Å². The van der Waals surface area contributed by atoms with Gasteiger partial charge in [0.05, 0.1) is 26.4 Å². The molecular weight excluding hydrogens is 656 g/mol. The molecule has 4 heterocycles. The molecule has 0 spiro atoms. The fourth-order valence-electron chi connectivity index (χ4n) is 4.73. The van der Waals surface area contributed by atoms with Crippen LogP contribution in [0.25, 0.3) is 0 Å². The minimum absolute atomic E-state index is 0.526. The van der Waals surface area contributed by atoms with E-state index < -0.39 is 149 Å². The third kappa shape index (κ3) is 10.1. The molecular formula is C24H46O23. The second kappa shape index (κ2) is 18.9. The van der Waals surface area contributed by atoms with Crippen molar-refractivity contribution in [3.05, 3.63) is 0 Å². The van der Waals surface area contributed by atoms with E-state index in [1.807, 2.05) is 0 Å². The van der Waals surface area contributed by atoms with Crippen molar-refractivity contribution in [1.82, 2.24) is 0 Å². The lowest BCUT2D eigenvalue weighted by Crippen LogP contribution is -2.64. The summed E-state index contributed by atoms with van der Waals surface area (Å²) < 4.78 is 24.4. The van der Waals surface area contributed by atoms with Crippen LogP contribution in [0.3, 0.4) is 0 Å². The van der Waals surface area contributed by atoms with Gasteiger partial charge in [0.15, 0.2) is 25.2 Å². The summed E-state index contributed by atoms with van der Waals surface area (Å²) in [6.07, 6.45) is -29.7. The summed E-state index contributed by atoms with van der Waals surface area (Å²) in [5.74, 6) is 0. The Bertz CT molecular complexity index is 842. The Hall–Kier alpha value is -0.920. The quantitative estimate of drug-likeness (QED) is 0.122. The first-order valence-corrected chi connectivity index (χ1v) is 14.2. The van der Waals surface area contributed by atoms with Gasteiger partial charge in [0.1, 0.15) is 97.7 Å². The first-order chi connectivity index (χ1) is 22.0. The SMILES string of the molecule is OCC1O[C@@H](O)C(O)[C@H](O)[C@H]1O.OCC1O[C@H](O)C(O)[C@H](O)[C@@H]1O.OCC1O[C@H](O)C(O)[C@H](O)[C@@H]1O[C@@H]1OC(CO)[C@H](O)[C@@H](O)C1O. The molecule has 0 aromatic rings. The lowest BCUT2D eigenvalue weighted by molar-refractivity contribution is -0.355. The van der Waals surface area contributed by atoms with Gasteiger partial charge in [0, 0.05) is 0 Å². The molecule has 280 valence electrons. The molecule has 8 unspecified atom stereocenters. The summed E-state index contributed by atoms with van der Waals surface area (Å²) >= 11 is 0. The second-order valence-corrected chi connectivity index (χ2v) is 11.0. The van der Waals surface area contributed by atoms with Crippen molar-refractivity contribution in [3.8, 4) is 0 Å². The standard InChI is InChI=1S/C12H22O11.2C6H12O6/c13-1-3-5(15)6(16)9(19)12(22-3)23-10-4(2-14)21-11(20)8(18)7(10)17;2*7-1-2-3(8)4(9)5(10)6(11)12-2/h3-20H,1-2H2;2*2-11H,1H2/t3?,4?,5-,6+,7-,8?,9?,10+,11-,12-;2?,3-,4+,5?,6+;2?,3-,4-,5?,6+/m001/s1. The zero-order valence-electron chi connectivity index (χ0n) is 24.5. The molecule has 0 aromatic heterocycles. The number of aliphatic hydroxyl groups excluding tert-OH is 18. The maximum atomic E-state index is 9.94. The summed E-state index contributed by atoms with van der Waals surface area (Å²) in [7, 11) is 0. The normalized spacial score (nSPS) is 50.4. The monoisotopic (exact) mass is 702 g/mol. The molecule has 4 saturated heterocycles. The maximum Gasteiger partial charge on any atom is 0.187 e. The van der Waals surface area contributed by atoms with Crippen LogP contribution in [-0.2, 0) is 23.7 Å². The lowest BCUT2D eigenvalue weighted by atomic mass is 9.97. The maximum absolute atomic E-state index is 9.94. The first kappa shape index (κ1) is 42.2.